The highest BCUT2D eigenvalue weighted by Gasteiger charge is 2.09. The Morgan fingerprint density at radius 1 is 1.21 bits per heavy atom. The van der Waals surface area contributed by atoms with Crippen LogP contribution < -0.4 is 4.74 Å². The smallest absolute Gasteiger partial charge is 0.337 e. The average molecular weight is 275 g/mol. The molecule has 1 aromatic heterocycles. The van der Waals surface area contributed by atoms with Gasteiger partial charge in [-0.3, -0.25) is 0 Å². The molecular weight excluding hydrogens is 262 g/mol. The van der Waals surface area contributed by atoms with Crippen molar-refractivity contribution in [1.29, 1.82) is 0 Å². The zero-order chi connectivity index (χ0) is 13.8. The first-order valence-corrected chi connectivity index (χ1v) is 6.44. The van der Waals surface area contributed by atoms with Gasteiger partial charge in [0.25, 0.3) is 0 Å². The molecular formula is C14H13NO3S. The van der Waals surface area contributed by atoms with Crippen LogP contribution in [0.5, 0.6) is 5.75 Å². The number of hydrogen-bond donors (Lipinski definition) is 1. The van der Waals surface area contributed by atoms with Crippen LogP contribution >= 0.6 is 11.8 Å². The summed E-state index contributed by atoms with van der Waals surface area (Å²) in [6.07, 6.45) is 0. The van der Waals surface area contributed by atoms with Crippen molar-refractivity contribution in [3.05, 3.63) is 47.7 Å². The number of aromatic carboxylic acids is 1. The van der Waals surface area contributed by atoms with Crippen LogP contribution in [0.15, 0.2) is 46.3 Å². The maximum Gasteiger partial charge on any atom is 0.337 e. The van der Waals surface area contributed by atoms with Crippen LogP contribution in [-0.2, 0) is 0 Å². The summed E-state index contributed by atoms with van der Waals surface area (Å²) in [4.78, 5) is 16.2. The van der Waals surface area contributed by atoms with E-state index in [4.69, 9.17) is 9.84 Å². The van der Waals surface area contributed by atoms with E-state index < -0.39 is 5.97 Å². The van der Waals surface area contributed by atoms with Gasteiger partial charge >= 0.3 is 5.97 Å². The summed E-state index contributed by atoms with van der Waals surface area (Å²) < 4.78 is 5.09. The van der Waals surface area contributed by atoms with Crippen LogP contribution in [0, 0.1) is 6.92 Å². The van der Waals surface area contributed by atoms with Crippen LogP contribution in [0.2, 0.25) is 0 Å². The Morgan fingerprint density at radius 2 is 1.89 bits per heavy atom. The minimum atomic E-state index is -0.953. The fraction of sp³-hybridized carbons (Fsp3) is 0.143. The summed E-state index contributed by atoms with van der Waals surface area (Å²) in [5.74, 6) is -0.152. The van der Waals surface area contributed by atoms with Gasteiger partial charge in [-0.1, -0.05) is 11.8 Å². The van der Waals surface area contributed by atoms with Crippen LogP contribution in [0.4, 0.5) is 0 Å². The first-order valence-electron chi connectivity index (χ1n) is 5.63. The molecule has 2 aromatic rings. The van der Waals surface area contributed by atoms with Crippen molar-refractivity contribution < 1.29 is 14.6 Å². The number of aromatic nitrogens is 1. The third-order valence-electron chi connectivity index (χ3n) is 2.57. The quantitative estimate of drug-likeness (QED) is 0.928. The number of benzene rings is 1. The van der Waals surface area contributed by atoms with Crippen molar-refractivity contribution >= 4 is 17.7 Å². The number of aryl methyl sites for hydroxylation is 1. The lowest BCUT2D eigenvalue weighted by molar-refractivity contribution is 0.0695. The molecule has 5 heteroatoms. The Bertz CT molecular complexity index is 596. The maximum atomic E-state index is 10.9. The zero-order valence-corrected chi connectivity index (χ0v) is 11.4. The minimum absolute atomic E-state index is 0.235. The van der Waals surface area contributed by atoms with E-state index in [1.54, 1.807) is 26.2 Å². The second-order valence-corrected chi connectivity index (χ2v) is 4.96. The summed E-state index contributed by atoms with van der Waals surface area (Å²) in [6, 6.07) is 10.9. The van der Waals surface area contributed by atoms with Gasteiger partial charge in [0, 0.05) is 4.90 Å². The number of carbonyl (C=O) groups is 1. The molecule has 4 nitrogen and oxygen atoms in total. The molecule has 0 aliphatic heterocycles. The number of hydrogen-bond acceptors (Lipinski definition) is 4. The van der Waals surface area contributed by atoms with Gasteiger partial charge < -0.3 is 9.84 Å². The van der Waals surface area contributed by atoms with E-state index in [9.17, 15) is 4.79 Å². The highest BCUT2D eigenvalue weighted by molar-refractivity contribution is 7.99. The second kappa shape index (κ2) is 5.75. The number of ether oxygens (including phenoxy) is 1. The molecule has 0 unspecified atom stereocenters. The van der Waals surface area contributed by atoms with E-state index in [0.717, 1.165) is 15.7 Å². The lowest BCUT2D eigenvalue weighted by atomic mass is 10.2. The van der Waals surface area contributed by atoms with Gasteiger partial charge in [-0.05, 0) is 43.3 Å². The Balaban J connectivity index is 2.18. The first-order chi connectivity index (χ1) is 9.10. The van der Waals surface area contributed by atoms with Gasteiger partial charge in [-0.15, -0.1) is 0 Å². The Labute approximate surface area is 115 Å². The van der Waals surface area contributed by atoms with Gasteiger partial charge in [0.05, 0.1) is 18.4 Å². The van der Waals surface area contributed by atoms with E-state index in [-0.39, 0.29) is 5.56 Å². The lowest BCUT2D eigenvalue weighted by Crippen LogP contribution is -2.01. The molecule has 0 fully saturated rings. The third kappa shape index (κ3) is 3.26. The van der Waals surface area contributed by atoms with Crippen molar-refractivity contribution in [2.75, 3.05) is 7.11 Å². The van der Waals surface area contributed by atoms with Gasteiger partial charge in [0.2, 0.25) is 0 Å². The number of carboxylic acids is 1. The molecule has 0 saturated heterocycles. The number of rotatable bonds is 4. The van der Waals surface area contributed by atoms with Crippen LogP contribution in [-0.4, -0.2) is 23.2 Å². The molecule has 1 aromatic carbocycles. The molecule has 0 aliphatic rings. The monoisotopic (exact) mass is 275 g/mol. The summed E-state index contributed by atoms with van der Waals surface area (Å²) in [6.45, 7) is 1.70. The van der Waals surface area contributed by atoms with Gasteiger partial charge in [0.15, 0.2) is 0 Å². The zero-order valence-electron chi connectivity index (χ0n) is 10.6. The fourth-order valence-corrected chi connectivity index (χ4v) is 2.42. The van der Waals surface area contributed by atoms with Crippen molar-refractivity contribution in [3.8, 4) is 5.75 Å². The van der Waals surface area contributed by atoms with Gasteiger partial charge in [0.1, 0.15) is 10.8 Å². The van der Waals surface area contributed by atoms with E-state index in [2.05, 4.69) is 4.98 Å². The summed E-state index contributed by atoms with van der Waals surface area (Å²) in [5.41, 5.74) is 0.755. The van der Waals surface area contributed by atoms with E-state index in [0.29, 0.717) is 5.69 Å². The normalized spacial score (nSPS) is 10.2. The molecule has 0 amide bonds. The molecule has 0 spiro atoms. The van der Waals surface area contributed by atoms with Gasteiger partial charge in [-0.2, -0.15) is 0 Å². The molecule has 19 heavy (non-hydrogen) atoms. The molecule has 0 radical (unpaired) electrons. The van der Waals surface area contributed by atoms with Crippen molar-refractivity contribution in [1.82, 2.24) is 4.98 Å². The molecule has 98 valence electrons. The molecule has 2 rings (SSSR count). The predicted octanol–water partition coefficient (Wildman–Crippen LogP) is 3.25. The van der Waals surface area contributed by atoms with E-state index >= 15 is 0 Å². The van der Waals surface area contributed by atoms with Crippen LogP contribution in [0.1, 0.15) is 16.1 Å². The van der Waals surface area contributed by atoms with Crippen molar-refractivity contribution in [2.24, 2.45) is 0 Å². The number of methoxy groups -OCH3 is 1. The lowest BCUT2D eigenvalue weighted by Gasteiger charge is -2.05. The maximum absolute atomic E-state index is 10.9. The summed E-state index contributed by atoms with van der Waals surface area (Å²) in [7, 11) is 1.62. The first kappa shape index (κ1) is 13.4. The topological polar surface area (TPSA) is 59.4 Å². The predicted molar refractivity (Wildman–Crippen MR) is 73.1 cm³/mol. The van der Waals surface area contributed by atoms with Crippen molar-refractivity contribution in [3.63, 3.8) is 0 Å². The van der Waals surface area contributed by atoms with Crippen LogP contribution in [0.25, 0.3) is 0 Å². The SMILES string of the molecule is COc1ccc(Sc2ccc(C(=O)O)c(C)n2)cc1. The fourth-order valence-electron chi connectivity index (χ4n) is 1.59. The average Bonchev–Trinajstić information content (AvgIpc) is 2.39. The Kier molecular flexibility index (Phi) is 4.06. The summed E-state index contributed by atoms with van der Waals surface area (Å²) >= 11 is 1.48. The Hall–Kier alpha value is -2.01. The van der Waals surface area contributed by atoms with E-state index in [1.807, 2.05) is 24.3 Å². The minimum Gasteiger partial charge on any atom is -0.497 e. The number of carboxylic acid groups (broad SMARTS) is 1. The van der Waals surface area contributed by atoms with E-state index in [1.165, 1.54) is 11.8 Å². The number of nitrogens with zero attached hydrogens (tertiary/aromatic N) is 1. The highest BCUT2D eigenvalue weighted by atomic mass is 32.2. The molecule has 0 saturated carbocycles. The summed E-state index contributed by atoms with van der Waals surface area (Å²) in [5, 5.41) is 9.71. The van der Waals surface area contributed by atoms with Gasteiger partial charge in [-0.25, -0.2) is 9.78 Å². The third-order valence-corrected chi connectivity index (χ3v) is 3.52. The highest BCUT2D eigenvalue weighted by Crippen LogP contribution is 2.28. The van der Waals surface area contributed by atoms with Crippen LogP contribution in [0.3, 0.4) is 0 Å². The molecule has 0 aliphatic carbocycles. The molecule has 1 heterocycles. The molecule has 1 N–H and O–H groups in total. The second-order valence-electron chi connectivity index (χ2n) is 3.87. The number of pyridine rings is 1. The standard InChI is InChI=1S/C14H13NO3S/c1-9-12(14(16)17)7-8-13(15-9)19-11-5-3-10(18-2)4-6-11/h3-8H,1-2H3,(H,16,17). The molecule has 0 bridgehead atoms. The Morgan fingerprint density at radius 3 is 2.42 bits per heavy atom. The molecule has 0 atom stereocenters. The largest absolute Gasteiger partial charge is 0.497 e. The van der Waals surface area contributed by atoms with Crippen molar-refractivity contribution in [2.45, 2.75) is 16.8 Å².